The fourth-order valence-corrected chi connectivity index (χ4v) is 2.79. The molecule has 5 atom stereocenters. The summed E-state index contributed by atoms with van der Waals surface area (Å²) in [5.41, 5.74) is 5.83. The first-order valence-corrected chi connectivity index (χ1v) is 10.5. The SMILES string of the molecule is CCC(C)C(N)C(=O)NC(CC(=O)O)C(=O)NC(CC(C)C)C(=O)NC(CC(=O)O)C(=O)O. The molecule has 0 saturated heterocycles. The van der Waals surface area contributed by atoms with Crippen LogP contribution in [0.1, 0.15) is 53.4 Å². The molecule has 0 aliphatic heterocycles. The van der Waals surface area contributed by atoms with E-state index < -0.39 is 72.6 Å². The Kier molecular flexibility index (Phi) is 12.7. The number of amides is 3. The van der Waals surface area contributed by atoms with Gasteiger partial charge in [-0.15, -0.1) is 0 Å². The van der Waals surface area contributed by atoms with Crippen LogP contribution in [0.25, 0.3) is 0 Å². The van der Waals surface area contributed by atoms with Gasteiger partial charge in [0.15, 0.2) is 0 Å². The zero-order valence-corrected chi connectivity index (χ0v) is 19.2. The maximum absolute atomic E-state index is 12.7. The number of aliphatic carboxylic acids is 3. The van der Waals surface area contributed by atoms with Crippen LogP contribution in [0.5, 0.6) is 0 Å². The minimum absolute atomic E-state index is 0.0388. The van der Waals surface area contributed by atoms with Gasteiger partial charge in [-0.3, -0.25) is 24.0 Å². The highest BCUT2D eigenvalue weighted by atomic mass is 16.4. The molecule has 0 saturated carbocycles. The summed E-state index contributed by atoms with van der Waals surface area (Å²) in [5, 5.41) is 33.8. The van der Waals surface area contributed by atoms with Crippen molar-refractivity contribution in [2.45, 2.75) is 77.5 Å². The molecule has 0 bridgehead atoms. The van der Waals surface area contributed by atoms with E-state index in [1.54, 1.807) is 20.8 Å². The fraction of sp³-hybridized carbons (Fsp3) is 0.700. The minimum Gasteiger partial charge on any atom is -0.481 e. The third kappa shape index (κ3) is 11.3. The van der Waals surface area contributed by atoms with E-state index >= 15 is 0 Å². The van der Waals surface area contributed by atoms with E-state index in [-0.39, 0.29) is 18.3 Å². The average Bonchev–Trinajstić information content (AvgIpc) is 2.69. The summed E-state index contributed by atoms with van der Waals surface area (Å²) in [7, 11) is 0. The van der Waals surface area contributed by atoms with Crippen molar-refractivity contribution >= 4 is 35.6 Å². The first-order valence-electron chi connectivity index (χ1n) is 10.5. The standard InChI is InChI=1S/C20H34N4O9/c1-5-10(4)16(21)19(31)23-12(7-14(25)26)18(30)22-11(6-9(2)3)17(29)24-13(20(32)33)8-15(27)28/h9-13,16H,5-8,21H2,1-4H3,(H,22,30)(H,23,31)(H,24,29)(H,25,26)(H,27,28)(H,32,33). The van der Waals surface area contributed by atoms with E-state index in [0.29, 0.717) is 6.42 Å². The van der Waals surface area contributed by atoms with Crippen LogP contribution in [0.4, 0.5) is 0 Å². The molecular weight excluding hydrogens is 440 g/mol. The molecule has 0 rings (SSSR count). The fourth-order valence-electron chi connectivity index (χ4n) is 2.79. The van der Waals surface area contributed by atoms with Crippen LogP contribution in [0, 0.1) is 11.8 Å². The van der Waals surface area contributed by atoms with Gasteiger partial charge in [0.1, 0.15) is 18.1 Å². The van der Waals surface area contributed by atoms with Crippen LogP contribution in [0.15, 0.2) is 0 Å². The monoisotopic (exact) mass is 474 g/mol. The molecule has 0 aromatic heterocycles. The number of carboxylic acids is 3. The Morgan fingerprint density at radius 1 is 0.727 bits per heavy atom. The predicted octanol–water partition coefficient (Wildman–Crippen LogP) is -1.11. The number of hydrogen-bond acceptors (Lipinski definition) is 7. The zero-order valence-electron chi connectivity index (χ0n) is 19.2. The lowest BCUT2D eigenvalue weighted by Crippen LogP contribution is -2.58. The number of nitrogens with one attached hydrogen (secondary N) is 3. The third-order valence-corrected chi connectivity index (χ3v) is 4.90. The van der Waals surface area contributed by atoms with Crippen molar-refractivity contribution in [3.8, 4) is 0 Å². The molecule has 0 aromatic rings. The minimum atomic E-state index is -1.73. The average molecular weight is 475 g/mol. The molecule has 13 heteroatoms. The number of carboxylic acid groups (broad SMARTS) is 3. The van der Waals surface area contributed by atoms with Crippen molar-refractivity contribution in [3.63, 3.8) is 0 Å². The molecule has 0 aromatic carbocycles. The zero-order chi connectivity index (χ0) is 25.9. The molecule has 5 unspecified atom stereocenters. The van der Waals surface area contributed by atoms with Gasteiger partial charge in [0.2, 0.25) is 17.7 Å². The molecule has 0 fully saturated rings. The number of nitrogens with two attached hydrogens (primary N) is 1. The summed E-state index contributed by atoms with van der Waals surface area (Å²) in [6.45, 7) is 6.97. The van der Waals surface area contributed by atoms with Crippen LogP contribution in [-0.2, 0) is 28.8 Å². The van der Waals surface area contributed by atoms with Gasteiger partial charge in [0, 0.05) is 0 Å². The Labute approximate surface area is 191 Å². The van der Waals surface area contributed by atoms with Crippen LogP contribution < -0.4 is 21.7 Å². The molecule has 188 valence electrons. The van der Waals surface area contributed by atoms with Gasteiger partial charge in [-0.1, -0.05) is 34.1 Å². The number of carbonyl (C=O) groups excluding carboxylic acids is 3. The summed E-state index contributed by atoms with van der Waals surface area (Å²) in [6.07, 6.45) is -1.05. The molecule has 8 N–H and O–H groups in total. The maximum Gasteiger partial charge on any atom is 0.326 e. The highest BCUT2D eigenvalue weighted by Gasteiger charge is 2.32. The second kappa shape index (κ2) is 14.0. The Morgan fingerprint density at radius 3 is 1.58 bits per heavy atom. The molecule has 0 heterocycles. The van der Waals surface area contributed by atoms with Crippen molar-refractivity contribution in [1.82, 2.24) is 16.0 Å². The topological polar surface area (TPSA) is 225 Å². The third-order valence-electron chi connectivity index (χ3n) is 4.90. The van der Waals surface area contributed by atoms with Gasteiger partial charge in [-0.2, -0.15) is 0 Å². The van der Waals surface area contributed by atoms with Crippen LogP contribution in [0.2, 0.25) is 0 Å². The van der Waals surface area contributed by atoms with E-state index in [2.05, 4.69) is 16.0 Å². The van der Waals surface area contributed by atoms with Crippen molar-refractivity contribution in [2.75, 3.05) is 0 Å². The van der Waals surface area contributed by atoms with Crippen LogP contribution in [-0.4, -0.2) is 75.1 Å². The molecule has 0 radical (unpaired) electrons. The van der Waals surface area contributed by atoms with Gasteiger partial charge in [0.05, 0.1) is 18.9 Å². The van der Waals surface area contributed by atoms with Crippen LogP contribution >= 0.6 is 0 Å². The molecule has 13 nitrogen and oxygen atoms in total. The van der Waals surface area contributed by atoms with E-state index in [1.165, 1.54) is 0 Å². The van der Waals surface area contributed by atoms with Crippen molar-refractivity contribution in [2.24, 2.45) is 17.6 Å². The Hall–Kier alpha value is -3.22. The number of carbonyl (C=O) groups is 6. The van der Waals surface area contributed by atoms with Crippen LogP contribution in [0.3, 0.4) is 0 Å². The highest BCUT2D eigenvalue weighted by molar-refractivity contribution is 5.96. The van der Waals surface area contributed by atoms with E-state index in [4.69, 9.17) is 21.1 Å². The van der Waals surface area contributed by atoms with Gasteiger partial charge in [0.25, 0.3) is 0 Å². The van der Waals surface area contributed by atoms with Crippen molar-refractivity contribution in [3.05, 3.63) is 0 Å². The summed E-state index contributed by atoms with van der Waals surface area (Å²) in [6, 6.07) is -5.56. The lowest BCUT2D eigenvalue weighted by Gasteiger charge is -2.26. The molecule has 3 amide bonds. The number of rotatable bonds is 15. The summed E-state index contributed by atoms with van der Waals surface area (Å²) in [4.78, 5) is 71.0. The first kappa shape index (κ1) is 29.8. The van der Waals surface area contributed by atoms with E-state index in [1.807, 2.05) is 6.92 Å². The molecule has 33 heavy (non-hydrogen) atoms. The lowest BCUT2D eigenvalue weighted by atomic mass is 9.98. The molecular formula is C20H34N4O9. The van der Waals surface area contributed by atoms with Gasteiger partial charge < -0.3 is 37.0 Å². The van der Waals surface area contributed by atoms with Gasteiger partial charge in [-0.25, -0.2) is 4.79 Å². The van der Waals surface area contributed by atoms with Gasteiger partial charge >= 0.3 is 17.9 Å². The smallest absolute Gasteiger partial charge is 0.326 e. The molecule has 0 aliphatic carbocycles. The predicted molar refractivity (Wildman–Crippen MR) is 115 cm³/mol. The van der Waals surface area contributed by atoms with E-state index in [9.17, 15) is 28.8 Å². The van der Waals surface area contributed by atoms with Crippen molar-refractivity contribution < 1.29 is 44.1 Å². The highest BCUT2D eigenvalue weighted by Crippen LogP contribution is 2.09. The Balaban J connectivity index is 5.58. The normalized spacial score (nSPS) is 15.5. The Bertz CT molecular complexity index is 741. The lowest BCUT2D eigenvalue weighted by molar-refractivity contribution is -0.147. The summed E-state index contributed by atoms with van der Waals surface area (Å²) < 4.78 is 0. The molecule has 0 spiro atoms. The summed E-state index contributed by atoms with van der Waals surface area (Å²) in [5.74, 6) is -7.47. The second-order valence-electron chi connectivity index (χ2n) is 8.26. The van der Waals surface area contributed by atoms with E-state index in [0.717, 1.165) is 0 Å². The second-order valence-corrected chi connectivity index (χ2v) is 8.26. The largest absolute Gasteiger partial charge is 0.481 e. The number of hydrogen-bond donors (Lipinski definition) is 7. The van der Waals surface area contributed by atoms with Gasteiger partial charge in [-0.05, 0) is 18.3 Å². The Morgan fingerprint density at radius 2 is 1.15 bits per heavy atom. The molecule has 0 aliphatic rings. The quantitative estimate of drug-likeness (QED) is 0.151. The van der Waals surface area contributed by atoms with Crippen molar-refractivity contribution in [1.29, 1.82) is 0 Å². The first-order chi connectivity index (χ1) is 15.2. The summed E-state index contributed by atoms with van der Waals surface area (Å²) >= 11 is 0. The maximum atomic E-state index is 12.7.